The Morgan fingerprint density at radius 3 is 1.29 bits per heavy atom. The van der Waals surface area contributed by atoms with Crippen LogP contribution in [0.4, 0.5) is 0 Å². The molecule has 0 aromatic rings. The highest BCUT2D eigenvalue weighted by Gasteiger charge is 2.20. The number of likely N-dealkylation sites (N-methyl/N-ethyl adjacent to an activating group) is 1. The van der Waals surface area contributed by atoms with Gasteiger partial charge in [-0.1, -0.05) is 187 Å². The quantitative estimate of drug-likeness (QED) is 0.0266. The molecular formula is C42H86NO7P. The van der Waals surface area contributed by atoms with Gasteiger partial charge in [0, 0.05) is 13.0 Å². The molecule has 0 saturated carbocycles. The van der Waals surface area contributed by atoms with Crippen LogP contribution in [0.3, 0.4) is 0 Å². The predicted molar refractivity (Wildman–Crippen MR) is 213 cm³/mol. The Morgan fingerprint density at radius 2 is 0.902 bits per heavy atom. The van der Waals surface area contributed by atoms with Gasteiger partial charge in [0.05, 0.1) is 34.4 Å². The molecule has 0 bridgehead atoms. The van der Waals surface area contributed by atoms with Gasteiger partial charge in [0.2, 0.25) is 0 Å². The first kappa shape index (κ1) is 50.5. The summed E-state index contributed by atoms with van der Waals surface area (Å²) in [5.41, 5.74) is 0. The summed E-state index contributed by atoms with van der Waals surface area (Å²) in [6, 6.07) is 0. The number of hydrogen-bond donors (Lipinski definition) is 0. The van der Waals surface area contributed by atoms with E-state index in [0.29, 0.717) is 24.1 Å². The zero-order valence-electron chi connectivity index (χ0n) is 34.6. The summed E-state index contributed by atoms with van der Waals surface area (Å²) in [7, 11) is 1.37. The van der Waals surface area contributed by atoms with Crippen LogP contribution < -0.4 is 4.89 Å². The van der Waals surface area contributed by atoms with Crippen molar-refractivity contribution in [2.75, 3.05) is 54.1 Å². The van der Waals surface area contributed by atoms with E-state index < -0.39 is 13.9 Å². The van der Waals surface area contributed by atoms with E-state index in [2.05, 4.69) is 13.8 Å². The van der Waals surface area contributed by atoms with Crippen LogP contribution in [0.25, 0.3) is 0 Å². The Hall–Kier alpha value is -0.500. The van der Waals surface area contributed by atoms with Crippen LogP contribution in [0.15, 0.2) is 0 Å². The summed E-state index contributed by atoms with van der Waals surface area (Å²) < 4.78 is 34.5. The zero-order chi connectivity index (χ0) is 37.7. The number of phosphoric ester groups is 1. The van der Waals surface area contributed by atoms with E-state index in [4.69, 9.17) is 18.5 Å². The van der Waals surface area contributed by atoms with Crippen molar-refractivity contribution in [3.05, 3.63) is 0 Å². The second-order valence-electron chi connectivity index (χ2n) is 16.1. The minimum atomic E-state index is -4.51. The van der Waals surface area contributed by atoms with Gasteiger partial charge in [-0.15, -0.1) is 0 Å². The molecule has 0 aliphatic carbocycles. The second kappa shape index (κ2) is 36.5. The fourth-order valence-electron chi connectivity index (χ4n) is 6.25. The lowest BCUT2D eigenvalue weighted by Crippen LogP contribution is -2.37. The molecule has 0 rings (SSSR count). The molecule has 0 aliphatic heterocycles. The lowest BCUT2D eigenvalue weighted by atomic mass is 10.0. The van der Waals surface area contributed by atoms with Crippen molar-refractivity contribution in [3.63, 3.8) is 0 Å². The van der Waals surface area contributed by atoms with E-state index in [1.54, 1.807) is 0 Å². The number of quaternary nitrogens is 1. The van der Waals surface area contributed by atoms with Gasteiger partial charge in [-0.25, -0.2) is 0 Å². The van der Waals surface area contributed by atoms with Crippen molar-refractivity contribution in [3.8, 4) is 0 Å². The molecule has 51 heavy (non-hydrogen) atoms. The molecule has 0 fully saturated rings. The maximum atomic E-state index is 12.6. The first-order chi connectivity index (χ1) is 24.6. The molecule has 8 nitrogen and oxygen atoms in total. The molecule has 2 atom stereocenters. The second-order valence-corrected chi connectivity index (χ2v) is 17.5. The number of rotatable bonds is 41. The van der Waals surface area contributed by atoms with Crippen LogP contribution in [0.5, 0.6) is 0 Å². The van der Waals surface area contributed by atoms with E-state index in [9.17, 15) is 14.3 Å². The lowest BCUT2D eigenvalue weighted by Gasteiger charge is -2.28. The minimum absolute atomic E-state index is 0.0310. The van der Waals surface area contributed by atoms with Crippen LogP contribution in [0, 0.1) is 0 Å². The third kappa shape index (κ3) is 40.5. The molecule has 0 heterocycles. The third-order valence-corrected chi connectivity index (χ3v) is 10.6. The molecule has 306 valence electrons. The number of phosphoric acid groups is 1. The van der Waals surface area contributed by atoms with Gasteiger partial charge in [-0.3, -0.25) is 9.36 Å². The number of carbonyl (C=O) groups excluding carboxylic acids is 1. The van der Waals surface area contributed by atoms with Crippen LogP contribution in [-0.4, -0.2) is 70.7 Å². The first-order valence-electron chi connectivity index (χ1n) is 21.8. The topological polar surface area (TPSA) is 94.1 Å². The third-order valence-electron chi connectivity index (χ3n) is 9.66. The standard InChI is InChI=1S/C42H86NO7P/c1-6-8-10-12-14-16-17-18-19-20-21-22-23-24-25-26-27-29-31-33-35-42(44)50-41(40-49-51(45,46)48-38-36-43(3,4)5)39-47-37-34-32-30-28-15-13-11-9-7-2/h41H,6-40H2,1-5H3. The van der Waals surface area contributed by atoms with Crippen molar-refractivity contribution < 1.29 is 37.3 Å². The Kier molecular flexibility index (Phi) is 36.1. The van der Waals surface area contributed by atoms with Gasteiger partial charge >= 0.3 is 5.97 Å². The van der Waals surface area contributed by atoms with Gasteiger partial charge in [0.15, 0.2) is 0 Å². The number of unbranched alkanes of at least 4 members (excludes halogenated alkanes) is 27. The summed E-state index contributed by atoms with van der Waals surface area (Å²) in [5.74, 6) is -0.329. The minimum Gasteiger partial charge on any atom is -0.756 e. The number of hydrogen-bond acceptors (Lipinski definition) is 7. The summed E-state index contributed by atoms with van der Waals surface area (Å²) in [6.45, 7) is 5.44. The smallest absolute Gasteiger partial charge is 0.306 e. The monoisotopic (exact) mass is 748 g/mol. The molecule has 0 radical (unpaired) electrons. The van der Waals surface area contributed by atoms with Gasteiger partial charge in [0.25, 0.3) is 7.82 Å². The highest BCUT2D eigenvalue weighted by Crippen LogP contribution is 2.38. The Labute approximate surface area is 317 Å². The van der Waals surface area contributed by atoms with Crippen LogP contribution in [-0.2, 0) is 27.9 Å². The molecule has 0 aliphatic rings. The van der Waals surface area contributed by atoms with Crippen LogP contribution >= 0.6 is 7.82 Å². The van der Waals surface area contributed by atoms with Gasteiger partial charge in [-0.05, 0) is 12.8 Å². The molecule has 0 aromatic carbocycles. The molecule has 9 heteroatoms. The first-order valence-corrected chi connectivity index (χ1v) is 23.2. The molecule has 2 unspecified atom stereocenters. The largest absolute Gasteiger partial charge is 0.756 e. The summed E-state index contributed by atoms with van der Waals surface area (Å²) in [5, 5.41) is 0. The molecule has 0 N–H and O–H groups in total. The highest BCUT2D eigenvalue weighted by atomic mass is 31.2. The lowest BCUT2D eigenvalue weighted by molar-refractivity contribution is -0.870. The van der Waals surface area contributed by atoms with Gasteiger partial charge in [-0.2, -0.15) is 0 Å². The van der Waals surface area contributed by atoms with Crippen molar-refractivity contribution in [2.45, 2.75) is 213 Å². The molecule has 0 amide bonds. The maximum Gasteiger partial charge on any atom is 0.306 e. The van der Waals surface area contributed by atoms with Crippen molar-refractivity contribution in [1.29, 1.82) is 0 Å². The van der Waals surface area contributed by atoms with E-state index in [-0.39, 0.29) is 25.8 Å². The fourth-order valence-corrected chi connectivity index (χ4v) is 6.98. The Balaban J connectivity index is 4.08. The highest BCUT2D eigenvalue weighted by molar-refractivity contribution is 7.45. The zero-order valence-corrected chi connectivity index (χ0v) is 35.5. The van der Waals surface area contributed by atoms with Crippen molar-refractivity contribution >= 4 is 13.8 Å². The molecular weight excluding hydrogens is 661 g/mol. The maximum absolute atomic E-state index is 12.6. The van der Waals surface area contributed by atoms with Crippen LogP contribution in [0.1, 0.15) is 206 Å². The Morgan fingerprint density at radius 1 is 0.529 bits per heavy atom. The average Bonchev–Trinajstić information content (AvgIpc) is 3.08. The number of nitrogens with zero attached hydrogens (tertiary/aromatic N) is 1. The Bertz CT molecular complexity index is 792. The van der Waals surface area contributed by atoms with Gasteiger partial charge in [0.1, 0.15) is 19.3 Å². The van der Waals surface area contributed by atoms with E-state index >= 15 is 0 Å². The van der Waals surface area contributed by atoms with Crippen molar-refractivity contribution in [2.24, 2.45) is 0 Å². The summed E-state index contributed by atoms with van der Waals surface area (Å²) in [6.07, 6.45) is 36.9. The van der Waals surface area contributed by atoms with E-state index in [0.717, 1.165) is 32.1 Å². The number of ether oxygens (including phenoxy) is 2. The predicted octanol–water partition coefficient (Wildman–Crippen LogP) is 11.9. The average molecular weight is 748 g/mol. The van der Waals surface area contributed by atoms with Crippen molar-refractivity contribution in [1.82, 2.24) is 0 Å². The number of esters is 1. The SMILES string of the molecule is CCCCCCCCCCCCCCCCCCCCCCC(=O)OC(COCCCCCCCCCCC)COP(=O)([O-])OCC[N+](C)(C)C. The van der Waals surface area contributed by atoms with E-state index in [1.165, 1.54) is 154 Å². The molecule has 0 aromatic heterocycles. The summed E-state index contributed by atoms with van der Waals surface area (Å²) in [4.78, 5) is 25.0. The van der Waals surface area contributed by atoms with Crippen LogP contribution in [0.2, 0.25) is 0 Å². The van der Waals surface area contributed by atoms with E-state index in [1.807, 2.05) is 21.1 Å². The molecule has 0 spiro atoms. The number of carbonyl (C=O) groups is 1. The normalized spacial score (nSPS) is 13.8. The molecule has 0 saturated heterocycles. The summed E-state index contributed by atoms with van der Waals surface area (Å²) >= 11 is 0. The fraction of sp³-hybridized carbons (Fsp3) is 0.976. The van der Waals surface area contributed by atoms with Gasteiger partial charge < -0.3 is 27.9 Å².